The molecule has 7 heteroatoms. The van der Waals surface area contributed by atoms with Crippen molar-refractivity contribution in [1.82, 2.24) is 0 Å². The van der Waals surface area contributed by atoms with E-state index >= 15 is 0 Å². The predicted octanol–water partition coefficient (Wildman–Crippen LogP) is 2.44. The van der Waals surface area contributed by atoms with Crippen molar-refractivity contribution >= 4 is 35.9 Å². The van der Waals surface area contributed by atoms with Gasteiger partial charge in [0, 0.05) is 50.7 Å². The first-order valence-electron chi connectivity index (χ1n) is 8.08. The molecule has 0 saturated heterocycles. The molecule has 0 fully saturated rings. The molecule has 0 amide bonds. The molecule has 0 aromatic heterocycles. The molecular formula is C20H20N2O5. The van der Waals surface area contributed by atoms with Crippen LogP contribution in [0.4, 0.5) is 11.4 Å². The highest BCUT2D eigenvalue weighted by Gasteiger charge is 2.21. The summed E-state index contributed by atoms with van der Waals surface area (Å²) in [5.41, 5.74) is 1.50. The number of esters is 2. The lowest BCUT2D eigenvalue weighted by Crippen LogP contribution is -2.18. The Labute approximate surface area is 157 Å². The van der Waals surface area contributed by atoms with E-state index in [9.17, 15) is 19.2 Å². The van der Waals surface area contributed by atoms with Gasteiger partial charge in [-0.1, -0.05) is 0 Å². The van der Waals surface area contributed by atoms with Crippen LogP contribution in [0.25, 0.3) is 0 Å². The SMILES string of the molecule is CN(C)c1ccc(C=O)c(C(=O)OC(=O)c2cc(N(C)C)ccc2C=O)c1. The summed E-state index contributed by atoms with van der Waals surface area (Å²) < 4.78 is 4.94. The molecule has 2 rings (SSSR count). The van der Waals surface area contributed by atoms with Gasteiger partial charge in [-0.15, -0.1) is 0 Å². The second-order valence-electron chi connectivity index (χ2n) is 6.24. The smallest absolute Gasteiger partial charge is 0.346 e. The molecule has 7 nitrogen and oxygen atoms in total. The summed E-state index contributed by atoms with van der Waals surface area (Å²) in [4.78, 5) is 50.9. The molecule has 0 aliphatic carbocycles. The van der Waals surface area contributed by atoms with E-state index in [1.54, 1.807) is 50.1 Å². The van der Waals surface area contributed by atoms with Gasteiger partial charge in [0.05, 0.1) is 11.1 Å². The van der Waals surface area contributed by atoms with Crippen molar-refractivity contribution in [2.45, 2.75) is 0 Å². The number of ether oxygens (including phenoxy) is 1. The molecule has 0 radical (unpaired) electrons. The van der Waals surface area contributed by atoms with Gasteiger partial charge in [-0.25, -0.2) is 9.59 Å². The second kappa shape index (κ2) is 8.27. The Morgan fingerprint density at radius 3 is 1.41 bits per heavy atom. The Balaban J connectivity index is 2.37. The molecule has 140 valence electrons. The monoisotopic (exact) mass is 368 g/mol. The van der Waals surface area contributed by atoms with Crippen molar-refractivity contribution in [2.24, 2.45) is 0 Å². The average molecular weight is 368 g/mol. The van der Waals surface area contributed by atoms with Gasteiger partial charge in [0.1, 0.15) is 0 Å². The summed E-state index contributed by atoms with van der Waals surface area (Å²) >= 11 is 0. The molecule has 0 atom stereocenters. The van der Waals surface area contributed by atoms with E-state index in [-0.39, 0.29) is 22.3 Å². The van der Waals surface area contributed by atoms with Gasteiger partial charge in [0.25, 0.3) is 0 Å². The first-order chi connectivity index (χ1) is 12.8. The Hall–Kier alpha value is -3.48. The Morgan fingerprint density at radius 1 is 0.741 bits per heavy atom. The van der Waals surface area contributed by atoms with E-state index < -0.39 is 11.9 Å². The molecule has 2 aromatic rings. The van der Waals surface area contributed by atoms with Crippen LogP contribution in [-0.4, -0.2) is 52.7 Å². The molecule has 0 heterocycles. The fourth-order valence-electron chi connectivity index (χ4n) is 2.40. The number of carbonyl (C=O) groups excluding carboxylic acids is 4. The van der Waals surface area contributed by atoms with E-state index in [0.717, 1.165) is 0 Å². The van der Waals surface area contributed by atoms with E-state index in [2.05, 4.69) is 0 Å². The number of carbonyl (C=O) groups is 4. The normalized spacial score (nSPS) is 10.1. The maximum atomic E-state index is 12.5. The zero-order valence-corrected chi connectivity index (χ0v) is 15.6. The Morgan fingerprint density at radius 2 is 1.11 bits per heavy atom. The summed E-state index contributed by atoms with van der Waals surface area (Å²) in [6.45, 7) is 0. The van der Waals surface area contributed by atoms with E-state index in [4.69, 9.17) is 4.74 Å². The molecule has 27 heavy (non-hydrogen) atoms. The molecule has 0 aliphatic rings. The third kappa shape index (κ3) is 4.38. The number of hydrogen-bond donors (Lipinski definition) is 0. The van der Waals surface area contributed by atoms with Crippen LogP contribution in [0.15, 0.2) is 36.4 Å². The topological polar surface area (TPSA) is 84.0 Å². The average Bonchev–Trinajstić information content (AvgIpc) is 2.66. The van der Waals surface area contributed by atoms with Crippen LogP contribution in [0.2, 0.25) is 0 Å². The minimum atomic E-state index is -0.960. The Kier molecular flexibility index (Phi) is 6.07. The summed E-state index contributed by atoms with van der Waals surface area (Å²) in [5, 5.41) is 0. The summed E-state index contributed by atoms with van der Waals surface area (Å²) in [7, 11) is 7.11. The lowest BCUT2D eigenvalue weighted by Gasteiger charge is -2.15. The third-order valence-electron chi connectivity index (χ3n) is 3.99. The number of aldehydes is 2. The van der Waals surface area contributed by atoms with Crippen LogP contribution in [0, 0.1) is 0 Å². The molecule has 0 unspecified atom stereocenters. The minimum Gasteiger partial charge on any atom is -0.386 e. The molecule has 0 aliphatic heterocycles. The Bertz CT molecular complexity index is 830. The number of hydrogen-bond acceptors (Lipinski definition) is 7. The summed E-state index contributed by atoms with van der Waals surface area (Å²) in [6, 6.07) is 9.24. The van der Waals surface area contributed by atoms with E-state index in [1.165, 1.54) is 24.3 Å². The molecule has 0 spiro atoms. The summed E-state index contributed by atoms with van der Waals surface area (Å²) in [5.74, 6) is -1.92. The fourth-order valence-corrected chi connectivity index (χ4v) is 2.40. The first-order valence-corrected chi connectivity index (χ1v) is 8.08. The van der Waals surface area contributed by atoms with Crippen molar-refractivity contribution < 1.29 is 23.9 Å². The number of nitrogens with zero attached hydrogens (tertiary/aromatic N) is 2. The highest BCUT2D eigenvalue weighted by Crippen LogP contribution is 2.21. The van der Waals surface area contributed by atoms with E-state index in [1.807, 2.05) is 0 Å². The first kappa shape index (κ1) is 19.8. The van der Waals surface area contributed by atoms with Crippen molar-refractivity contribution in [2.75, 3.05) is 38.0 Å². The van der Waals surface area contributed by atoms with Gasteiger partial charge in [-0.2, -0.15) is 0 Å². The largest absolute Gasteiger partial charge is 0.386 e. The lowest BCUT2D eigenvalue weighted by molar-refractivity contribution is 0.0395. The zero-order chi connectivity index (χ0) is 20.1. The van der Waals surface area contributed by atoms with Gasteiger partial charge >= 0.3 is 11.9 Å². The zero-order valence-electron chi connectivity index (χ0n) is 15.6. The molecule has 0 bridgehead atoms. The van der Waals surface area contributed by atoms with Crippen molar-refractivity contribution in [3.05, 3.63) is 58.7 Å². The molecule has 0 saturated carbocycles. The second-order valence-corrected chi connectivity index (χ2v) is 6.24. The van der Waals surface area contributed by atoms with Crippen LogP contribution in [0.5, 0.6) is 0 Å². The minimum absolute atomic E-state index is 0.0269. The predicted molar refractivity (Wildman–Crippen MR) is 102 cm³/mol. The van der Waals surface area contributed by atoms with Gasteiger partial charge in [0.15, 0.2) is 12.6 Å². The van der Waals surface area contributed by atoms with Crippen molar-refractivity contribution in [1.29, 1.82) is 0 Å². The maximum absolute atomic E-state index is 12.5. The van der Waals surface area contributed by atoms with Gasteiger partial charge in [0.2, 0.25) is 0 Å². The third-order valence-corrected chi connectivity index (χ3v) is 3.99. The maximum Gasteiger partial charge on any atom is 0.346 e. The highest BCUT2D eigenvalue weighted by molar-refractivity contribution is 6.08. The fraction of sp³-hybridized carbons (Fsp3) is 0.200. The molecular weight excluding hydrogens is 348 g/mol. The molecule has 0 N–H and O–H groups in total. The van der Waals surface area contributed by atoms with Gasteiger partial charge in [-0.3, -0.25) is 9.59 Å². The highest BCUT2D eigenvalue weighted by atomic mass is 16.6. The molecule has 2 aromatic carbocycles. The number of rotatable bonds is 6. The van der Waals surface area contributed by atoms with Crippen LogP contribution >= 0.6 is 0 Å². The summed E-state index contributed by atoms with van der Waals surface area (Å²) in [6.07, 6.45) is 1.04. The van der Waals surface area contributed by atoms with Crippen molar-refractivity contribution in [3.63, 3.8) is 0 Å². The van der Waals surface area contributed by atoms with Gasteiger partial charge < -0.3 is 14.5 Å². The van der Waals surface area contributed by atoms with Crippen LogP contribution in [0.1, 0.15) is 41.4 Å². The van der Waals surface area contributed by atoms with Crippen LogP contribution in [-0.2, 0) is 4.74 Å². The van der Waals surface area contributed by atoms with Crippen molar-refractivity contribution in [3.8, 4) is 0 Å². The number of benzene rings is 2. The quantitative estimate of drug-likeness (QED) is 0.440. The van der Waals surface area contributed by atoms with E-state index in [0.29, 0.717) is 23.9 Å². The van der Waals surface area contributed by atoms with Crippen LogP contribution < -0.4 is 9.80 Å². The number of anilines is 2. The lowest BCUT2D eigenvalue weighted by atomic mass is 10.1. The van der Waals surface area contributed by atoms with Crippen LogP contribution in [0.3, 0.4) is 0 Å². The van der Waals surface area contributed by atoms with Gasteiger partial charge in [-0.05, 0) is 36.4 Å². The standard InChI is InChI=1S/C20H20N2O5/c1-21(2)15-7-5-13(11-23)17(9-15)19(25)27-20(26)18-10-16(22(3)4)8-6-14(18)12-24/h5-12H,1-4H3.